The van der Waals surface area contributed by atoms with Gasteiger partial charge in [-0.15, -0.1) is 0 Å². The largest absolute Gasteiger partial charge is 0.482 e. The molecule has 0 spiro atoms. The number of nitrogens with two attached hydrogens (primary N) is 1. The first-order valence-corrected chi connectivity index (χ1v) is 8.54. The normalized spacial score (nSPS) is 14.5. The fourth-order valence-electron chi connectivity index (χ4n) is 3.07. The van der Waals surface area contributed by atoms with Crippen LogP contribution in [-0.2, 0) is 9.59 Å². The Kier molecular flexibility index (Phi) is 4.95. The fraction of sp³-hybridized carbons (Fsp3) is 0.300. The highest BCUT2D eigenvalue weighted by Crippen LogP contribution is 2.34. The van der Waals surface area contributed by atoms with Gasteiger partial charge in [0.2, 0.25) is 5.91 Å². The van der Waals surface area contributed by atoms with Gasteiger partial charge in [-0.25, -0.2) is 0 Å². The molecule has 0 aliphatic carbocycles. The molecule has 3 rings (SSSR count). The SMILES string of the molecule is Cc1cc(C)cc(NC(=O)CN2C(=O)COc3ccc(C(C)N)cc32)c1. The fourth-order valence-corrected chi connectivity index (χ4v) is 3.07. The van der Waals surface area contributed by atoms with E-state index in [1.54, 1.807) is 12.1 Å². The number of aryl methyl sites for hydroxylation is 2. The van der Waals surface area contributed by atoms with Crippen molar-refractivity contribution < 1.29 is 14.3 Å². The summed E-state index contributed by atoms with van der Waals surface area (Å²) in [5.74, 6) is 0.0606. The highest BCUT2D eigenvalue weighted by atomic mass is 16.5. The van der Waals surface area contributed by atoms with Crippen molar-refractivity contribution in [2.45, 2.75) is 26.8 Å². The number of benzene rings is 2. The Balaban J connectivity index is 1.81. The van der Waals surface area contributed by atoms with Crippen LogP contribution in [0.1, 0.15) is 29.7 Å². The van der Waals surface area contributed by atoms with E-state index in [9.17, 15) is 9.59 Å². The van der Waals surface area contributed by atoms with Crippen LogP contribution in [0.25, 0.3) is 0 Å². The second-order valence-electron chi connectivity index (χ2n) is 6.71. The smallest absolute Gasteiger partial charge is 0.265 e. The van der Waals surface area contributed by atoms with Crippen LogP contribution >= 0.6 is 0 Å². The molecule has 0 radical (unpaired) electrons. The molecule has 1 unspecified atom stereocenters. The molecule has 26 heavy (non-hydrogen) atoms. The summed E-state index contributed by atoms with van der Waals surface area (Å²) in [5, 5.41) is 2.86. The molecule has 0 bridgehead atoms. The summed E-state index contributed by atoms with van der Waals surface area (Å²) < 4.78 is 5.47. The third kappa shape index (κ3) is 3.86. The highest BCUT2D eigenvalue weighted by molar-refractivity contribution is 6.05. The van der Waals surface area contributed by atoms with Gasteiger partial charge in [0.15, 0.2) is 6.61 Å². The Hall–Kier alpha value is -2.86. The van der Waals surface area contributed by atoms with E-state index in [4.69, 9.17) is 10.5 Å². The lowest BCUT2D eigenvalue weighted by molar-refractivity contribution is -0.123. The summed E-state index contributed by atoms with van der Waals surface area (Å²) in [4.78, 5) is 26.3. The van der Waals surface area contributed by atoms with Crippen LogP contribution in [0.15, 0.2) is 36.4 Å². The van der Waals surface area contributed by atoms with Crippen LogP contribution < -0.4 is 20.7 Å². The van der Waals surface area contributed by atoms with Gasteiger partial charge in [-0.05, 0) is 61.7 Å². The van der Waals surface area contributed by atoms with E-state index in [0.29, 0.717) is 11.4 Å². The van der Waals surface area contributed by atoms with Gasteiger partial charge in [0.05, 0.1) is 5.69 Å². The lowest BCUT2D eigenvalue weighted by Crippen LogP contribution is -2.43. The van der Waals surface area contributed by atoms with Crippen LogP contribution in [0.3, 0.4) is 0 Å². The molecule has 2 aromatic carbocycles. The first kappa shape index (κ1) is 17.9. The quantitative estimate of drug-likeness (QED) is 0.885. The van der Waals surface area contributed by atoms with Crippen LogP contribution in [0, 0.1) is 13.8 Å². The summed E-state index contributed by atoms with van der Waals surface area (Å²) in [6.07, 6.45) is 0. The molecule has 6 nitrogen and oxygen atoms in total. The molecule has 136 valence electrons. The average Bonchev–Trinajstić information content (AvgIpc) is 2.56. The van der Waals surface area contributed by atoms with E-state index in [1.165, 1.54) is 4.90 Å². The Labute approximate surface area is 152 Å². The van der Waals surface area contributed by atoms with Gasteiger partial charge >= 0.3 is 0 Å². The number of ether oxygens (including phenoxy) is 1. The molecule has 6 heteroatoms. The third-order valence-corrected chi connectivity index (χ3v) is 4.26. The number of nitrogens with zero attached hydrogens (tertiary/aromatic N) is 1. The molecular weight excluding hydrogens is 330 g/mol. The van der Waals surface area contributed by atoms with E-state index in [-0.39, 0.29) is 31.0 Å². The van der Waals surface area contributed by atoms with Crippen molar-refractivity contribution in [2.75, 3.05) is 23.4 Å². The predicted molar refractivity (Wildman–Crippen MR) is 101 cm³/mol. The lowest BCUT2D eigenvalue weighted by Gasteiger charge is -2.29. The molecule has 1 heterocycles. The Morgan fingerprint density at radius 2 is 1.92 bits per heavy atom. The van der Waals surface area contributed by atoms with Crippen molar-refractivity contribution in [3.63, 3.8) is 0 Å². The minimum absolute atomic E-state index is 0.0788. The van der Waals surface area contributed by atoms with Crippen LogP contribution in [0.5, 0.6) is 5.75 Å². The second-order valence-corrected chi connectivity index (χ2v) is 6.71. The van der Waals surface area contributed by atoms with E-state index >= 15 is 0 Å². The van der Waals surface area contributed by atoms with Gasteiger partial charge < -0.3 is 15.8 Å². The number of carbonyl (C=O) groups excluding carboxylic acids is 2. The number of hydrogen-bond acceptors (Lipinski definition) is 4. The standard InChI is InChI=1S/C20H23N3O3/c1-12-6-13(2)8-16(7-12)22-19(24)10-23-17-9-15(14(3)21)4-5-18(17)26-11-20(23)25/h4-9,14H,10-11,21H2,1-3H3,(H,22,24). The van der Waals surface area contributed by atoms with Gasteiger partial charge in [0.1, 0.15) is 12.3 Å². The van der Waals surface area contributed by atoms with Crippen molar-refractivity contribution >= 4 is 23.2 Å². The molecule has 3 N–H and O–H groups in total. The minimum Gasteiger partial charge on any atom is -0.482 e. The Bertz CT molecular complexity index is 841. The highest BCUT2D eigenvalue weighted by Gasteiger charge is 2.28. The summed E-state index contributed by atoms with van der Waals surface area (Å²) >= 11 is 0. The maximum atomic E-state index is 12.5. The van der Waals surface area contributed by atoms with Gasteiger partial charge in [-0.2, -0.15) is 0 Å². The number of rotatable bonds is 4. The monoisotopic (exact) mass is 353 g/mol. The number of nitrogens with one attached hydrogen (secondary N) is 1. The van der Waals surface area contributed by atoms with Crippen LogP contribution in [0.2, 0.25) is 0 Å². The molecule has 0 saturated carbocycles. The lowest BCUT2D eigenvalue weighted by atomic mass is 10.1. The first-order valence-electron chi connectivity index (χ1n) is 8.54. The molecule has 2 amide bonds. The molecule has 2 aromatic rings. The minimum atomic E-state index is -0.262. The zero-order valence-electron chi connectivity index (χ0n) is 15.2. The molecule has 1 aliphatic heterocycles. The molecule has 1 aliphatic rings. The van der Waals surface area contributed by atoms with Crippen molar-refractivity contribution in [1.29, 1.82) is 0 Å². The first-order chi connectivity index (χ1) is 12.3. The zero-order chi connectivity index (χ0) is 18.8. The number of carbonyl (C=O) groups is 2. The molecule has 0 aromatic heterocycles. The molecular formula is C20H23N3O3. The molecule has 0 fully saturated rings. The van der Waals surface area contributed by atoms with Gasteiger partial charge in [-0.1, -0.05) is 12.1 Å². The number of anilines is 2. The molecule has 1 atom stereocenters. The second kappa shape index (κ2) is 7.17. The topological polar surface area (TPSA) is 84.7 Å². The average molecular weight is 353 g/mol. The van der Waals surface area contributed by atoms with E-state index in [2.05, 4.69) is 5.32 Å². The van der Waals surface area contributed by atoms with Crippen LogP contribution in [-0.4, -0.2) is 25.0 Å². The van der Waals surface area contributed by atoms with Crippen LogP contribution in [0.4, 0.5) is 11.4 Å². The Morgan fingerprint density at radius 1 is 1.23 bits per heavy atom. The third-order valence-electron chi connectivity index (χ3n) is 4.26. The van der Waals surface area contributed by atoms with Crippen molar-refractivity contribution in [3.05, 3.63) is 53.1 Å². The van der Waals surface area contributed by atoms with E-state index in [0.717, 1.165) is 22.4 Å². The van der Waals surface area contributed by atoms with E-state index < -0.39 is 0 Å². The van der Waals surface area contributed by atoms with Crippen molar-refractivity contribution in [3.8, 4) is 5.75 Å². The maximum Gasteiger partial charge on any atom is 0.265 e. The maximum absolute atomic E-state index is 12.5. The van der Waals surface area contributed by atoms with Crippen molar-refractivity contribution in [2.24, 2.45) is 5.73 Å². The number of amides is 2. The summed E-state index contributed by atoms with van der Waals surface area (Å²) in [7, 11) is 0. The van der Waals surface area contributed by atoms with Gasteiger partial charge in [0, 0.05) is 11.7 Å². The number of hydrogen-bond donors (Lipinski definition) is 2. The number of fused-ring (bicyclic) bond motifs is 1. The summed E-state index contributed by atoms with van der Waals surface area (Å²) in [5.41, 5.74) is 10.2. The predicted octanol–water partition coefficient (Wildman–Crippen LogP) is 2.69. The Morgan fingerprint density at radius 3 is 2.58 bits per heavy atom. The van der Waals surface area contributed by atoms with Gasteiger partial charge in [-0.3, -0.25) is 14.5 Å². The summed E-state index contributed by atoms with van der Waals surface area (Å²) in [6, 6.07) is 11.1. The van der Waals surface area contributed by atoms with Crippen molar-refractivity contribution in [1.82, 2.24) is 0 Å². The zero-order valence-corrected chi connectivity index (χ0v) is 15.2. The summed E-state index contributed by atoms with van der Waals surface area (Å²) in [6.45, 7) is 5.65. The molecule has 0 saturated heterocycles. The van der Waals surface area contributed by atoms with Gasteiger partial charge in [0.25, 0.3) is 5.91 Å². The van der Waals surface area contributed by atoms with E-state index in [1.807, 2.05) is 45.0 Å².